The maximum atomic E-state index is 12.0. The normalized spacial score (nSPS) is 17.4. The lowest BCUT2D eigenvalue weighted by molar-refractivity contribution is -0.129. The van der Waals surface area contributed by atoms with Crippen molar-refractivity contribution < 1.29 is 13.2 Å². The van der Waals surface area contributed by atoms with E-state index < -0.39 is 9.84 Å². The number of hydrogen-bond donors (Lipinski definition) is 1. The van der Waals surface area contributed by atoms with Gasteiger partial charge in [0.25, 0.3) is 0 Å². The summed E-state index contributed by atoms with van der Waals surface area (Å²) in [5, 5.41) is 3.15. The van der Waals surface area contributed by atoms with Gasteiger partial charge in [-0.15, -0.1) is 0 Å². The third-order valence-corrected chi connectivity index (χ3v) is 5.46. The van der Waals surface area contributed by atoms with Crippen LogP contribution in [0.1, 0.15) is 39.0 Å². The minimum absolute atomic E-state index is 0.142. The van der Waals surface area contributed by atoms with Crippen LogP contribution < -0.4 is 5.32 Å². The Morgan fingerprint density at radius 1 is 1.25 bits per heavy atom. The number of piperidine rings is 1. The Hall–Kier alpha value is -0.620. The molecule has 0 aromatic carbocycles. The summed E-state index contributed by atoms with van der Waals surface area (Å²) in [6, 6.07) is 0. The zero-order chi connectivity index (χ0) is 15.0. The number of rotatable bonds is 8. The molecule has 0 spiro atoms. The molecule has 0 saturated carbocycles. The van der Waals surface area contributed by atoms with Crippen LogP contribution in [0.2, 0.25) is 0 Å². The lowest BCUT2D eigenvalue weighted by Gasteiger charge is -2.31. The zero-order valence-electron chi connectivity index (χ0n) is 12.7. The van der Waals surface area contributed by atoms with Gasteiger partial charge in [0.1, 0.15) is 5.75 Å². The van der Waals surface area contributed by atoms with E-state index in [0.717, 1.165) is 32.2 Å². The van der Waals surface area contributed by atoms with Gasteiger partial charge in [-0.2, -0.15) is 0 Å². The molecule has 1 amide bonds. The van der Waals surface area contributed by atoms with E-state index in [1.807, 2.05) is 14.0 Å². The topological polar surface area (TPSA) is 66.5 Å². The van der Waals surface area contributed by atoms with E-state index in [-0.39, 0.29) is 17.4 Å². The molecule has 118 valence electrons. The van der Waals surface area contributed by atoms with Crippen molar-refractivity contribution in [2.45, 2.75) is 39.0 Å². The van der Waals surface area contributed by atoms with Gasteiger partial charge in [-0.1, -0.05) is 19.8 Å². The summed E-state index contributed by atoms with van der Waals surface area (Å²) in [5.74, 6) is 0.213. The fourth-order valence-corrected chi connectivity index (χ4v) is 3.95. The summed E-state index contributed by atoms with van der Waals surface area (Å²) in [4.78, 5) is 13.8. The van der Waals surface area contributed by atoms with E-state index in [4.69, 9.17) is 0 Å². The van der Waals surface area contributed by atoms with Crippen LogP contribution in [-0.2, 0) is 14.6 Å². The predicted molar refractivity (Wildman–Crippen MR) is 81.4 cm³/mol. The van der Waals surface area contributed by atoms with Crippen molar-refractivity contribution in [1.82, 2.24) is 10.2 Å². The molecule has 1 saturated heterocycles. The Labute approximate surface area is 123 Å². The monoisotopic (exact) mass is 304 g/mol. The largest absolute Gasteiger partial charge is 0.342 e. The lowest BCUT2D eigenvalue weighted by Crippen LogP contribution is -2.43. The molecule has 0 radical (unpaired) electrons. The van der Waals surface area contributed by atoms with E-state index >= 15 is 0 Å². The third-order valence-electron chi connectivity index (χ3n) is 3.86. The first-order valence-corrected chi connectivity index (χ1v) is 9.43. The van der Waals surface area contributed by atoms with Crippen molar-refractivity contribution in [3.63, 3.8) is 0 Å². The minimum Gasteiger partial charge on any atom is -0.342 e. The van der Waals surface area contributed by atoms with E-state index in [2.05, 4.69) is 5.32 Å². The van der Waals surface area contributed by atoms with Crippen LogP contribution in [0.3, 0.4) is 0 Å². The Kier molecular flexibility index (Phi) is 7.51. The Bertz CT molecular complexity index is 387. The predicted octanol–water partition coefficient (Wildman–Crippen LogP) is 1.05. The van der Waals surface area contributed by atoms with Gasteiger partial charge in [-0.3, -0.25) is 4.79 Å². The molecule has 0 unspecified atom stereocenters. The fraction of sp³-hybridized carbons (Fsp3) is 0.929. The summed E-state index contributed by atoms with van der Waals surface area (Å²) in [6.45, 7) is 4.38. The van der Waals surface area contributed by atoms with E-state index in [1.54, 1.807) is 4.90 Å². The molecule has 1 fully saturated rings. The molecule has 0 aromatic heterocycles. The van der Waals surface area contributed by atoms with Crippen LogP contribution in [0.25, 0.3) is 0 Å². The molecule has 1 heterocycles. The highest BCUT2D eigenvalue weighted by Gasteiger charge is 2.25. The SMILES string of the molecule is CCCCCS(=O)(=O)CC(=O)N1CCC(CNC)CC1. The van der Waals surface area contributed by atoms with Crippen molar-refractivity contribution in [3.05, 3.63) is 0 Å². The Balaban J connectivity index is 2.36. The molecule has 0 atom stereocenters. The van der Waals surface area contributed by atoms with Gasteiger partial charge in [0.05, 0.1) is 5.75 Å². The standard InChI is InChI=1S/C14H28N2O3S/c1-3-4-5-10-20(18,19)12-14(17)16-8-6-13(7-9-16)11-15-2/h13,15H,3-12H2,1-2H3. The molecular formula is C14H28N2O3S. The highest BCUT2D eigenvalue weighted by molar-refractivity contribution is 7.92. The summed E-state index contributed by atoms with van der Waals surface area (Å²) in [6.07, 6.45) is 4.48. The quantitative estimate of drug-likeness (QED) is 0.681. The van der Waals surface area contributed by atoms with Gasteiger partial charge in [0.15, 0.2) is 9.84 Å². The Morgan fingerprint density at radius 3 is 2.45 bits per heavy atom. The molecule has 1 N–H and O–H groups in total. The van der Waals surface area contributed by atoms with Gasteiger partial charge in [-0.25, -0.2) is 8.42 Å². The molecule has 0 aliphatic carbocycles. The molecule has 6 heteroatoms. The molecule has 1 rings (SSSR count). The summed E-state index contributed by atoms with van der Waals surface area (Å²) in [7, 11) is -1.30. The molecule has 1 aliphatic heterocycles. The average Bonchev–Trinajstić information content (AvgIpc) is 2.39. The molecule has 0 aromatic rings. The smallest absolute Gasteiger partial charge is 0.237 e. The Morgan fingerprint density at radius 2 is 1.90 bits per heavy atom. The van der Waals surface area contributed by atoms with Crippen LogP contribution in [-0.4, -0.2) is 57.4 Å². The maximum absolute atomic E-state index is 12.0. The van der Waals surface area contributed by atoms with Crippen LogP contribution >= 0.6 is 0 Å². The number of likely N-dealkylation sites (tertiary alicyclic amines) is 1. The van der Waals surface area contributed by atoms with Crippen LogP contribution in [0.4, 0.5) is 0 Å². The van der Waals surface area contributed by atoms with E-state index in [9.17, 15) is 13.2 Å². The van der Waals surface area contributed by atoms with Crippen LogP contribution in [0, 0.1) is 5.92 Å². The second kappa shape index (κ2) is 8.62. The first-order chi connectivity index (χ1) is 9.48. The van der Waals surface area contributed by atoms with Crippen molar-refractivity contribution in [1.29, 1.82) is 0 Å². The van der Waals surface area contributed by atoms with Crippen molar-refractivity contribution in [2.75, 3.05) is 38.2 Å². The number of hydrogen-bond acceptors (Lipinski definition) is 4. The summed E-state index contributed by atoms with van der Waals surface area (Å²) in [5.41, 5.74) is 0. The highest BCUT2D eigenvalue weighted by atomic mass is 32.2. The van der Waals surface area contributed by atoms with Crippen molar-refractivity contribution in [3.8, 4) is 0 Å². The number of nitrogens with one attached hydrogen (secondary N) is 1. The number of carbonyl (C=O) groups excluding carboxylic acids is 1. The molecule has 0 bridgehead atoms. The number of carbonyl (C=O) groups is 1. The molecule has 1 aliphatic rings. The van der Waals surface area contributed by atoms with Gasteiger partial charge < -0.3 is 10.2 Å². The number of unbranched alkanes of at least 4 members (excludes halogenated alkanes) is 2. The van der Waals surface area contributed by atoms with Crippen molar-refractivity contribution >= 4 is 15.7 Å². The lowest BCUT2D eigenvalue weighted by atomic mass is 9.97. The highest BCUT2D eigenvalue weighted by Crippen LogP contribution is 2.16. The second-order valence-electron chi connectivity index (χ2n) is 5.68. The van der Waals surface area contributed by atoms with Crippen LogP contribution in [0.5, 0.6) is 0 Å². The molecule has 20 heavy (non-hydrogen) atoms. The van der Waals surface area contributed by atoms with Crippen molar-refractivity contribution in [2.24, 2.45) is 5.92 Å². The van der Waals surface area contributed by atoms with E-state index in [0.29, 0.717) is 25.4 Å². The number of amides is 1. The summed E-state index contributed by atoms with van der Waals surface area (Å²) < 4.78 is 23.7. The van der Waals surface area contributed by atoms with Gasteiger partial charge in [-0.05, 0) is 38.8 Å². The van der Waals surface area contributed by atoms with E-state index in [1.165, 1.54) is 0 Å². The fourth-order valence-electron chi connectivity index (χ4n) is 2.60. The first kappa shape index (κ1) is 17.4. The molecule has 5 nitrogen and oxygen atoms in total. The average molecular weight is 304 g/mol. The number of sulfone groups is 1. The number of nitrogens with zero attached hydrogens (tertiary/aromatic N) is 1. The van der Waals surface area contributed by atoms with Gasteiger partial charge in [0.2, 0.25) is 5.91 Å². The molecular weight excluding hydrogens is 276 g/mol. The third kappa shape index (κ3) is 6.22. The van der Waals surface area contributed by atoms with Gasteiger partial charge >= 0.3 is 0 Å². The summed E-state index contributed by atoms with van der Waals surface area (Å²) >= 11 is 0. The van der Waals surface area contributed by atoms with Gasteiger partial charge in [0, 0.05) is 13.1 Å². The zero-order valence-corrected chi connectivity index (χ0v) is 13.5. The van der Waals surface area contributed by atoms with Crippen LogP contribution in [0.15, 0.2) is 0 Å². The first-order valence-electron chi connectivity index (χ1n) is 7.61. The maximum Gasteiger partial charge on any atom is 0.237 e. The second-order valence-corrected chi connectivity index (χ2v) is 7.87. The minimum atomic E-state index is -3.23.